The van der Waals surface area contributed by atoms with Gasteiger partial charge < -0.3 is 16.3 Å². The Bertz CT molecular complexity index is 1060. The number of nitrogens with zero attached hydrogens (tertiary/aromatic N) is 3. The zero-order valence-corrected chi connectivity index (χ0v) is 15.3. The van der Waals surface area contributed by atoms with E-state index in [0.29, 0.717) is 22.6 Å². The van der Waals surface area contributed by atoms with E-state index >= 15 is 0 Å². The van der Waals surface area contributed by atoms with Crippen molar-refractivity contribution >= 4 is 23.3 Å². The second-order valence-corrected chi connectivity index (χ2v) is 5.95. The van der Waals surface area contributed by atoms with E-state index in [1.807, 2.05) is 36.4 Å². The fraction of sp³-hybridized carbons (Fsp3) is 0.0476. The number of hydrazone groups is 1. The highest BCUT2D eigenvalue weighted by Gasteiger charge is 2.17. The molecular formula is C21H19N5O2. The summed E-state index contributed by atoms with van der Waals surface area (Å²) in [6, 6.07) is 16.3. The van der Waals surface area contributed by atoms with Crippen LogP contribution in [0.5, 0.6) is 0 Å². The number of Topliss-reactive ketones (excluding diaryl/α,β-unsaturated/α-hetero) is 1. The van der Waals surface area contributed by atoms with E-state index in [1.165, 1.54) is 13.1 Å². The first kappa shape index (κ1) is 18.8. The molecular weight excluding hydrogens is 354 g/mol. The predicted octanol–water partition coefficient (Wildman–Crippen LogP) is 3.24. The van der Waals surface area contributed by atoms with Crippen LogP contribution in [0.4, 0.5) is 5.82 Å². The molecule has 0 radical (unpaired) electrons. The molecule has 2 aromatic carbocycles. The van der Waals surface area contributed by atoms with Crippen LogP contribution in [0.1, 0.15) is 28.5 Å². The number of hydrogen-bond acceptors (Lipinski definition) is 7. The number of aromatic nitrogens is 2. The van der Waals surface area contributed by atoms with Crippen LogP contribution in [0, 0.1) is 0 Å². The molecule has 0 unspecified atom stereocenters. The van der Waals surface area contributed by atoms with Gasteiger partial charge in [0, 0.05) is 16.7 Å². The summed E-state index contributed by atoms with van der Waals surface area (Å²) in [5, 5.41) is 3.66. The first-order valence-corrected chi connectivity index (χ1v) is 8.44. The first-order valence-electron chi connectivity index (χ1n) is 8.44. The zero-order valence-electron chi connectivity index (χ0n) is 15.3. The molecule has 0 saturated carbocycles. The van der Waals surface area contributed by atoms with Gasteiger partial charge in [-0.05, 0) is 13.0 Å². The fourth-order valence-electron chi connectivity index (χ4n) is 2.53. The predicted molar refractivity (Wildman–Crippen MR) is 109 cm³/mol. The summed E-state index contributed by atoms with van der Waals surface area (Å²) >= 11 is 0. The molecule has 1 heterocycles. The monoisotopic (exact) mass is 373 g/mol. The molecule has 7 nitrogen and oxygen atoms in total. The standard InChI is InChI=1S/C21H19N5O2/c1-13(27)16-9-6-10-17(11-16)18-12-24-20(22)19(25-18)21(26-23)28-14(2)15-7-4-3-5-8-15/h3-12H,2,23H2,1H3,(H2,22,24)/b26-21-. The molecule has 0 fully saturated rings. The summed E-state index contributed by atoms with van der Waals surface area (Å²) in [5.41, 5.74) is 8.69. The van der Waals surface area contributed by atoms with Crippen molar-refractivity contribution in [2.24, 2.45) is 10.9 Å². The van der Waals surface area contributed by atoms with Gasteiger partial charge in [0.25, 0.3) is 5.90 Å². The Morgan fingerprint density at radius 2 is 1.82 bits per heavy atom. The number of nitrogen functional groups attached to an aromatic ring is 1. The number of ketones is 1. The Labute approximate surface area is 162 Å². The van der Waals surface area contributed by atoms with Crippen LogP contribution in [-0.2, 0) is 4.74 Å². The number of nitrogens with two attached hydrogens (primary N) is 2. The Balaban J connectivity index is 1.95. The fourth-order valence-corrected chi connectivity index (χ4v) is 2.53. The van der Waals surface area contributed by atoms with E-state index in [2.05, 4.69) is 21.6 Å². The van der Waals surface area contributed by atoms with Gasteiger partial charge in [-0.1, -0.05) is 55.1 Å². The molecule has 1 aromatic heterocycles. The van der Waals surface area contributed by atoms with Gasteiger partial charge in [-0.2, -0.15) is 0 Å². The third-order valence-electron chi connectivity index (χ3n) is 4.00. The average Bonchev–Trinajstić information content (AvgIpc) is 2.73. The number of carbonyl (C=O) groups is 1. The average molecular weight is 373 g/mol. The number of carbonyl (C=O) groups excluding carboxylic acids is 1. The summed E-state index contributed by atoms with van der Waals surface area (Å²) in [6.07, 6.45) is 1.51. The van der Waals surface area contributed by atoms with Crippen molar-refractivity contribution in [2.45, 2.75) is 6.92 Å². The van der Waals surface area contributed by atoms with E-state index in [-0.39, 0.29) is 23.2 Å². The van der Waals surface area contributed by atoms with E-state index < -0.39 is 0 Å². The highest BCUT2D eigenvalue weighted by Crippen LogP contribution is 2.22. The lowest BCUT2D eigenvalue weighted by Crippen LogP contribution is -2.15. The van der Waals surface area contributed by atoms with E-state index in [4.69, 9.17) is 16.3 Å². The van der Waals surface area contributed by atoms with Crippen molar-refractivity contribution in [1.82, 2.24) is 9.97 Å². The normalized spacial score (nSPS) is 11.1. The molecule has 0 bridgehead atoms. The number of rotatable bonds is 5. The van der Waals surface area contributed by atoms with Gasteiger partial charge in [-0.25, -0.2) is 9.97 Å². The van der Waals surface area contributed by atoms with E-state index in [1.54, 1.807) is 18.2 Å². The molecule has 7 heteroatoms. The topological polar surface area (TPSA) is 116 Å². The summed E-state index contributed by atoms with van der Waals surface area (Å²) < 4.78 is 5.70. The number of anilines is 1. The van der Waals surface area contributed by atoms with Gasteiger partial charge >= 0.3 is 0 Å². The van der Waals surface area contributed by atoms with Gasteiger partial charge in [-0.15, -0.1) is 5.10 Å². The Morgan fingerprint density at radius 1 is 1.11 bits per heavy atom. The highest BCUT2D eigenvalue weighted by atomic mass is 16.5. The minimum atomic E-state index is -0.0443. The van der Waals surface area contributed by atoms with Crippen molar-refractivity contribution < 1.29 is 9.53 Å². The molecule has 4 N–H and O–H groups in total. The van der Waals surface area contributed by atoms with Gasteiger partial charge in [0.05, 0.1) is 11.9 Å². The van der Waals surface area contributed by atoms with Gasteiger partial charge in [0.15, 0.2) is 17.3 Å². The smallest absolute Gasteiger partial charge is 0.265 e. The van der Waals surface area contributed by atoms with E-state index in [9.17, 15) is 4.79 Å². The van der Waals surface area contributed by atoms with Crippen LogP contribution in [0.25, 0.3) is 17.0 Å². The second kappa shape index (κ2) is 8.13. The molecule has 0 aliphatic rings. The summed E-state index contributed by atoms with van der Waals surface area (Å²) in [5.74, 6) is 5.90. The van der Waals surface area contributed by atoms with Crippen LogP contribution in [0.2, 0.25) is 0 Å². The number of hydrogen-bond donors (Lipinski definition) is 2. The van der Waals surface area contributed by atoms with Crippen molar-refractivity contribution in [3.63, 3.8) is 0 Å². The number of benzene rings is 2. The molecule has 3 aromatic rings. The lowest BCUT2D eigenvalue weighted by atomic mass is 10.1. The maximum absolute atomic E-state index is 11.6. The quantitative estimate of drug-likeness (QED) is 0.177. The van der Waals surface area contributed by atoms with Crippen molar-refractivity contribution in [2.75, 3.05) is 5.73 Å². The SMILES string of the molecule is C=C(O/C(=N\N)c1nc(-c2cccc(C(C)=O)c2)cnc1N)c1ccccc1. The maximum Gasteiger partial charge on any atom is 0.265 e. The van der Waals surface area contributed by atoms with Gasteiger partial charge in [-0.3, -0.25) is 4.79 Å². The Morgan fingerprint density at radius 3 is 2.50 bits per heavy atom. The third kappa shape index (κ3) is 4.04. The lowest BCUT2D eigenvalue weighted by molar-refractivity contribution is 0.101. The van der Waals surface area contributed by atoms with Crippen LogP contribution < -0.4 is 11.6 Å². The molecule has 0 aliphatic heterocycles. The van der Waals surface area contributed by atoms with Crippen LogP contribution >= 0.6 is 0 Å². The van der Waals surface area contributed by atoms with E-state index in [0.717, 1.165) is 5.56 Å². The molecule has 3 rings (SSSR count). The number of ether oxygens (including phenoxy) is 1. The Hall–Kier alpha value is -4.00. The molecule has 140 valence electrons. The lowest BCUT2D eigenvalue weighted by Gasteiger charge is -2.12. The van der Waals surface area contributed by atoms with Crippen molar-refractivity contribution in [1.29, 1.82) is 0 Å². The Kier molecular flexibility index (Phi) is 5.45. The molecule has 0 spiro atoms. The van der Waals surface area contributed by atoms with Crippen molar-refractivity contribution in [3.8, 4) is 11.3 Å². The first-order chi connectivity index (χ1) is 13.5. The minimum absolute atomic E-state index is 0.0107. The zero-order chi connectivity index (χ0) is 20.1. The summed E-state index contributed by atoms with van der Waals surface area (Å²) in [7, 11) is 0. The second-order valence-electron chi connectivity index (χ2n) is 5.95. The highest BCUT2D eigenvalue weighted by molar-refractivity contribution is 5.99. The minimum Gasteiger partial charge on any atom is -0.436 e. The van der Waals surface area contributed by atoms with Gasteiger partial charge in [0.2, 0.25) is 0 Å². The van der Waals surface area contributed by atoms with Crippen LogP contribution in [-0.4, -0.2) is 21.6 Å². The summed E-state index contributed by atoms with van der Waals surface area (Å²) in [4.78, 5) is 20.3. The molecule has 0 amide bonds. The largest absolute Gasteiger partial charge is 0.436 e. The molecule has 0 aliphatic carbocycles. The van der Waals surface area contributed by atoms with Crippen molar-refractivity contribution in [3.05, 3.63) is 84.2 Å². The molecule has 0 atom stereocenters. The van der Waals surface area contributed by atoms with Gasteiger partial charge in [0.1, 0.15) is 5.76 Å². The third-order valence-corrected chi connectivity index (χ3v) is 4.00. The maximum atomic E-state index is 11.6. The summed E-state index contributed by atoms with van der Waals surface area (Å²) in [6.45, 7) is 5.40. The van der Waals surface area contributed by atoms with Crippen LogP contribution in [0.15, 0.2) is 72.5 Å². The molecule has 28 heavy (non-hydrogen) atoms. The van der Waals surface area contributed by atoms with Crippen LogP contribution in [0.3, 0.4) is 0 Å². The molecule has 0 saturated heterocycles.